The van der Waals surface area contributed by atoms with E-state index in [4.69, 9.17) is 14.7 Å². The van der Waals surface area contributed by atoms with Crippen molar-refractivity contribution in [3.63, 3.8) is 0 Å². The van der Waals surface area contributed by atoms with Crippen LogP contribution in [0.5, 0.6) is 11.5 Å². The molecule has 12 rings (SSSR count). The molecule has 1 aliphatic heterocycles. The van der Waals surface area contributed by atoms with Crippen LogP contribution < -0.4 is 4.74 Å². The maximum atomic E-state index is 6.70. The summed E-state index contributed by atoms with van der Waals surface area (Å²) in [5.41, 5.74) is 18.6. The van der Waals surface area contributed by atoms with Gasteiger partial charge in [0.05, 0.1) is 16.8 Å². The molecule has 0 radical (unpaired) electrons. The van der Waals surface area contributed by atoms with E-state index in [-0.39, 0.29) is 0 Å². The summed E-state index contributed by atoms with van der Waals surface area (Å²) in [7, 11) is 0. The molecule has 1 spiro atoms. The summed E-state index contributed by atoms with van der Waals surface area (Å²) >= 11 is 0. The van der Waals surface area contributed by atoms with Gasteiger partial charge in [0.1, 0.15) is 11.5 Å². The lowest BCUT2D eigenvalue weighted by atomic mass is 9.66. The Morgan fingerprint density at radius 3 is 1.21 bits per heavy atom. The van der Waals surface area contributed by atoms with Crippen LogP contribution in [0.2, 0.25) is 0 Å². The minimum absolute atomic E-state index is 0.517. The van der Waals surface area contributed by atoms with Gasteiger partial charge in [-0.15, -0.1) is 0 Å². The molecule has 290 valence electrons. The Bertz CT molecular complexity index is 3140. The maximum absolute atomic E-state index is 6.70. The second-order valence-electron chi connectivity index (χ2n) is 16.1. The third-order valence-electron chi connectivity index (χ3n) is 12.6. The lowest BCUT2D eigenvalue weighted by Crippen LogP contribution is -2.32. The van der Waals surface area contributed by atoms with E-state index < -0.39 is 5.41 Å². The van der Waals surface area contributed by atoms with E-state index in [1.807, 2.05) is 12.1 Å². The molecule has 1 aliphatic carbocycles. The van der Waals surface area contributed by atoms with Crippen molar-refractivity contribution in [3.8, 4) is 89.9 Å². The molecule has 0 bridgehead atoms. The van der Waals surface area contributed by atoms with Crippen LogP contribution in [0.1, 0.15) is 22.3 Å². The Hall–Kier alpha value is -8.14. The molecule has 0 unspecified atom stereocenters. The van der Waals surface area contributed by atoms with Gasteiger partial charge >= 0.3 is 0 Å². The highest BCUT2D eigenvalue weighted by molar-refractivity contribution is 5.89. The average Bonchev–Trinajstić information content (AvgIpc) is 3.65. The van der Waals surface area contributed by atoms with Crippen LogP contribution >= 0.6 is 0 Å². The Labute approximate surface area is 361 Å². The van der Waals surface area contributed by atoms with Crippen LogP contribution in [-0.4, -0.2) is 9.97 Å². The molecule has 0 saturated carbocycles. The lowest BCUT2D eigenvalue weighted by molar-refractivity contribution is 0.436. The standard InChI is InChI=1S/C59H38N2O/c1-3-13-39(14-4-1)41-23-29-44(30-24-41)54-38-55(45-31-25-42(26-32-45)40-15-5-2-6-16-40)61-58(60-54)46-33-27-43(28-34-46)47-35-36-57-53(37-47)59(52-21-11-12-22-56(52)62-57)50-19-9-7-17-48(50)49-18-8-10-20-51(49)59/h1-38H. The second-order valence-corrected chi connectivity index (χ2v) is 16.1. The highest BCUT2D eigenvalue weighted by Crippen LogP contribution is 2.62. The van der Waals surface area contributed by atoms with Crippen molar-refractivity contribution >= 4 is 0 Å². The van der Waals surface area contributed by atoms with Crippen molar-refractivity contribution < 1.29 is 4.74 Å². The lowest BCUT2D eigenvalue weighted by Gasteiger charge is -2.39. The highest BCUT2D eigenvalue weighted by Gasteiger charge is 2.51. The molecule has 9 aromatic carbocycles. The molecule has 2 heterocycles. The fraction of sp³-hybridized carbons (Fsp3) is 0.0169. The maximum Gasteiger partial charge on any atom is 0.160 e. The van der Waals surface area contributed by atoms with Gasteiger partial charge in [-0.3, -0.25) is 0 Å². The number of rotatable bonds is 6. The first-order valence-corrected chi connectivity index (χ1v) is 21.1. The number of benzene rings is 9. The zero-order valence-electron chi connectivity index (χ0n) is 33.7. The van der Waals surface area contributed by atoms with Gasteiger partial charge in [-0.05, 0) is 79.9 Å². The zero-order valence-corrected chi connectivity index (χ0v) is 33.7. The summed E-state index contributed by atoms with van der Waals surface area (Å²) in [6, 6.07) is 81.9. The number of ether oxygens (including phenoxy) is 1. The van der Waals surface area contributed by atoms with Gasteiger partial charge in [0, 0.05) is 27.8 Å². The molecular weight excluding hydrogens is 753 g/mol. The summed E-state index contributed by atoms with van der Waals surface area (Å²) in [5, 5.41) is 0. The van der Waals surface area contributed by atoms with E-state index in [2.05, 4.69) is 218 Å². The number of hydrogen-bond donors (Lipinski definition) is 0. The minimum atomic E-state index is -0.517. The van der Waals surface area contributed by atoms with Gasteiger partial charge in [0.2, 0.25) is 0 Å². The van der Waals surface area contributed by atoms with E-state index in [9.17, 15) is 0 Å². The summed E-state index contributed by atoms with van der Waals surface area (Å²) in [6.07, 6.45) is 0. The molecule has 0 atom stereocenters. The summed E-state index contributed by atoms with van der Waals surface area (Å²) in [4.78, 5) is 10.4. The van der Waals surface area contributed by atoms with E-state index >= 15 is 0 Å². The normalized spacial score (nSPS) is 12.8. The predicted octanol–water partition coefficient (Wildman–Crippen LogP) is 14.9. The van der Waals surface area contributed by atoms with Crippen molar-refractivity contribution in [3.05, 3.63) is 253 Å². The van der Waals surface area contributed by atoms with E-state index in [1.54, 1.807) is 0 Å². The SMILES string of the molecule is c1ccc(-c2ccc(-c3cc(-c4ccc(-c5ccccc5)cc4)nc(-c4ccc(-c5ccc6c(c5)C5(c7ccccc7O6)c6ccccc6-c6ccccc65)cc4)n3)cc2)cc1. The summed E-state index contributed by atoms with van der Waals surface area (Å²) in [6.45, 7) is 0. The first-order chi connectivity index (χ1) is 30.7. The number of para-hydroxylation sites is 1. The topological polar surface area (TPSA) is 35.0 Å². The molecule has 3 nitrogen and oxygen atoms in total. The van der Waals surface area contributed by atoms with Crippen LogP contribution in [0, 0.1) is 0 Å². The van der Waals surface area contributed by atoms with Crippen LogP contribution in [0.3, 0.4) is 0 Å². The van der Waals surface area contributed by atoms with E-state index in [0.29, 0.717) is 5.82 Å². The number of aromatic nitrogens is 2. The predicted molar refractivity (Wildman–Crippen MR) is 252 cm³/mol. The quantitative estimate of drug-likeness (QED) is 0.168. The first kappa shape index (κ1) is 35.8. The number of hydrogen-bond acceptors (Lipinski definition) is 3. The van der Waals surface area contributed by atoms with Crippen molar-refractivity contribution in [1.29, 1.82) is 0 Å². The van der Waals surface area contributed by atoms with Crippen LogP contribution in [-0.2, 0) is 5.41 Å². The number of fused-ring (bicyclic) bond motifs is 9. The zero-order chi connectivity index (χ0) is 41.0. The Morgan fingerprint density at radius 1 is 0.274 bits per heavy atom. The third kappa shape index (κ3) is 5.82. The van der Waals surface area contributed by atoms with Gasteiger partial charge in [0.25, 0.3) is 0 Å². The first-order valence-electron chi connectivity index (χ1n) is 21.1. The fourth-order valence-corrected chi connectivity index (χ4v) is 9.65. The van der Waals surface area contributed by atoms with E-state index in [0.717, 1.165) is 61.8 Å². The molecule has 0 saturated heterocycles. The summed E-state index contributed by atoms with van der Waals surface area (Å²) < 4.78 is 6.70. The van der Waals surface area contributed by atoms with Crippen molar-refractivity contribution in [2.24, 2.45) is 0 Å². The van der Waals surface area contributed by atoms with Gasteiger partial charge < -0.3 is 4.74 Å². The van der Waals surface area contributed by atoms with Gasteiger partial charge in [-0.2, -0.15) is 0 Å². The molecule has 2 aliphatic rings. The molecule has 0 amide bonds. The van der Waals surface area contributed by atoms with Crippen molar-refractivity contribution in [1.82, 2.24) is 9.97 Å². The highest BCUT2D eigenvalue weighted by atomic mass is 16.5. The third-order valence-corrected chi connectivity index (χ3v) is 12.6. The van der Waals surface area contributed by atoms with Crippen molar-refractivity contribution in [2.45, 2.75) is 5.41 Å². The fourth-order valence-electron chi connectivity index (χ4n) is 9.65. The molecule has 3 heteroatoms. The minimum Gasteiger partial charge on any atom is -0.457 e. The molecule has 0 N–H and O–H groups in total. The van der Waals surface area contributed by atoms with Crippen LogP contribution in [0.4, 0.5) is 0 Å². The largest absolute Gasteiger partial charge is 0.457 e. The Kier molecular flexibility index (Phi) is 8.39. The summed E-state index contributed by atoms with van der Waals surface area (Å²) in [5.74, 6) is 2.45. The second kappa shape index (κ2) is 14.5. The molecule has 62 heavy (non-hydrogen) atoms. The average molecular weight is 791 g/mol. The van der Waals surface area contributed by atoms with Gasteiger partial charge in [-0.25, -0.2) is 9.97 Å². The van der Waals surface area contributed by atoms with E-state index in [1.165, 1.54) is 44.5 Å². The monoisotopic (exact) mass is 790 g/mol. The Morgan fingerprint density at radius 2 is 0.661 bits per heavy atom. The Balaban J connectivity index is 0.948. The molecule has 1 aromatic heterocycles. The van der Waals surface area contributed by atoms with Gasteiger partial charge in [0.15, 0.2) is 5.82 Å². The molecule has 10 aromatic rings. The smallest absolute Gasteiger partial charge is 0.160 e. The van der Waals surface area contributed by atoms with Crippen LogP contribution in [0.25, 0.3) is 78.4 Å². The molecular formula is C59H38N2O. The molecule has 0 fully saturated rings. The number of nitrogens with zero attached hydrogens (tertiary/aromatic N) is 2. The van der Waals surface area contributed by atoms with Crippen molar-refractivity contribution in [2.75, 3.05) is 0 Å². The van der Waals surface area contributed by atoms with Gasteiger partial charge in [-0.1, -0.05) is 206 Å². The van der Waals surface area contributed by atoms with Crippen LogP contribution in [0.15, 0.2) is 231 Å².